The monoisotopic (exact) mass is 379 g/mol. The smallest absolute Gasteiger partial charge is 0.243 e. The molecule has 2 amide bonds. The molecule has 0 aromatic heterocycles. The molecule has 8 heteroatoms. The van der Waals surface area contributed by atoms with Crippen LogP contribution < -0.4 is 10.2 Å². The van der Waals surface area contributed by atoms with Crippen LogP contribution in [0.2, 0.25) is 0 Å². The molecule has 1 unspecified atom stereocenters. The van der Waals surface area contributed by atoms with Crippen molar-refractivity contribution in [2.24, 2.45) is 0 Å². The number of piperidine rings is 1. The van der Waals surface area contributed by atoms with E-state index in [9.17, 15) is 18.0 Å². The minimum atomic E-state index is -3.34. The maximum absolute atomic E-state index is 12.5. The highest BCUT2D eigenvalue weighted by Crippen LogP contribution is 2.26. The van der Waals surface area contributed by atoms with Crippen LogP contribution in [0.4, 0.5) is 5.69 Å². The third kappa shape index (κ3) is 4.24. The molecule has 2 fully saturated rings. The van der Waals surface area contributed by atoms with Crippen molar-refractivity contribution in [2.45, 2.75) is 38.1 Å². The molecular formula is C18H25N3O4S. The summed E-state index contributed by atoms with van der Waals surface area (Å²) >= 11 is 0. The summed E-state index contributed by atoms with van der Waals surface area (Å²) in [5.41, 5.74) is 0.691. The zero-order valence-electron chi connectivity index (χ0n) is 14.8. The number of benzene rings is 1. The number of carbonyl (C=O) groups excluding carboxylic acids is 2. The van der Waals surface area contributed by atoms with E-state index in [0.717, 1.165) is 19.3 Å². The van der Waals surface area contributed by atoms with Crippen LogP contribution in [0.1, 0.15) is 32.1 Å². The first kappa shape index (κ1) is 18.8. The lowest BCUT2D eigenvalue weighted by molar-refractivity contribution is -0.123. The van der Waals surface area contributed by atoms with E-state index < -0.39 is 16.1 Å². The molecule has 1 atom stereocenters. The minimum absolute atomic E-state index is 0.0605. The maximum Gasteiger partial charge on any atom is 0.243 e. The Bertz CT molecular complexity index is 745. The SMILES string of the molecule is O=C(NCCS(=O)(=O)N1CCCCC1)C1CCC(=O)N1c1ccccc1. The van der Waals surface area contributed by atoms with Crippen LogP contribution in [0, 0.1) is 0 Å². The second kappa shape index (κ2) is 8.18. The molecule has 142 valence electrons. The standard InChI is InChI=1S/C18H25N3O4S/c22-17-10-9-16(21(17)15-7-3-1-4-8-15)18(23)19-11-14-26(24,25)20-12-5-2-6-13-20/h1,3-4,7-8,16H,2,5-6,9-14H2,(H,19,23). The van der Waals surface area contributed by atoms with Gasteiger partial charge in [0.25, 0.3) is 0 Å². The van der Waals surface area contributed by atoms with Crippen LogP contribution in [0.5, 0.6) is 0 Å². The van der Waals surface area contributed by atoms with E-state index in [0.29, 0.717) is 31.6 Å². The van der Waals surface area contributed by atoms with Gasteiger partial charge < -0.3 is 5.32 Å². The molecule has 3 rings (SSSR count). The highest BCUT2D eigenvalue weighted by molar-refractivity contribution is 7.89. The second-order valence-corrected chi connectivity index (χ2v) is 8.81. The van der Waals surface area contributed by atoms with Crippen molar-refractivity contribution in [3.63, 3.8) is 0 Å². The number of carbonyl (C=O) groups is 2. The lowest BCUT2D eigenvalue weighted by atomic mass is 10.2. The fourth-order valence-electron chi connectivity index (χ4n) is 3.54. The van der Waals surface area contributed by atoms with Crippen LogP contribution in [-0.4, -0.2) is 56.0 Å². The third-order valence-electron chi connectivity index (χ3n) is 4.92. The van der Waals surface area contributed by atoms with Gasteiger partial charge in [-0.2, -0.15) is 0 Å². The summed E-state index contributed by atoms with van der Waals surface area (Å²) < 4.78 is 26.2. The third-order valence-corrected chi connectivity index (χ3v) is 6.79. The number of hydrogen-bond acceptors (Lipinski definition) is 4. The molecule has 2 aliphatic heterocycles. The number of hydrogen-bond donors (Lipinski definition) is 1. The van der Waals surface area contributed by atoms with E-state index >= 15 is 0 Å². The molecule has 2 heterocycles. The highest BCUT2D eigenvalue weighted by Gasteiger charge is 2.37. The van der Waals surface area contributed by atoms with Gasteiger partial charge in [-0.1, -0.05) is 24.6 Å². The van der Waals surface area contributed by atoms with Crippen molar-refractivity contribution >= 4 is 27.5 Å². The first-order valence-corrected chi connectivity index (χ1v) is 10.7. The average Bonchev–Trinajstić information content (AvgIpc) is 3.04. The van der Waals surface area contributed by atoms with Gasteiger partial charge in [0.2, 0.25) is 21.8 Å². The molecule has 1 aromatic rings. The number of nitrogens with zero attached hydrogens (tertiary/aromatic N) is 2. The predicted octanol–water partition coefficient (Wildman–Crippen LogP) is 1.11. The molecule has 1 N–H and O–H groups in total. The lowest BCUT2D eigenvalue weighted by Crippen LogP contribution is -2.47. The summed E-state index contributed by atoms with van der Waals surface area (Å²) in [5.74, 6) is -0.490. The normalized spacial score (nSPS) is 21.8. The Morgan fingerprint density at radius 3 is 2.50 bits per heavy atom. The zero-order chi connectivity index (χ0) is 18.6. The van der Waals surface area contributed by atoms with Gasteiger partial charge in [-0.05, 0) is 31.4 Å². The van der Waals surface area contributed by atoms with Gasteiger partial charge in [-0.15, -0.1) is 0 Å². The molecule has 26 heavy (non-hydrogen) atoms. The number of sulfonamides is 1. The van der Waals surface area contributed by atoms with Crippen LogP contribution in [0.25, 0.3) is 0 Å². The molecule has 0 saturated carbocycles. The Kier molecular flexibility index (Phi) is 5.93. The Morgan fingerprint density at radius 1 is 1.12 bits per heavy atom. The van der Waals surface area contributed by atoms with Crippen LogP contribution in [-0.2, 0) is 19.6 Å². The van der Waals surface area contributed by atoms with Crippen molar-refractivity contribution in [1.82, 2.24) is 9.62 Å². The van der Waals surface area contributed by atoms with Crippen LogP contribution >= 0.6 is 0 Å². The summed E-state index contributed by atoms with van der Waals surface area (Å²) in [6.45, 7) is 1.19. The second-order valence-electron chi connectivity index (χ2n) is 6.72. The van der Waals surface area contributed by atoms with Gasteiger partial charge in [-0.25, -0.2) is 12.7 Å². The van der Waals surface area contributed by atoms with E-state index in [2.05, 4.69) is 5.32 Å². The van der Waals surface area contributed by atoms with Gasteiger partial charge in [0.1, 0.15) is 6.04 Å². The summed E-state index contributed by atoms with van der Waals surface area (Å²) in [6.07, 6.45) is 3.61. The van der Waals surface area contributed by atoms with Crippen LogP contribution in [0.15, 0.2) is 30.3 Å². The molecular weight excluding hydrogens is 354 g/mol. The number of para-hydroxylation sites is 1. The number of rotatable bonds is 6. The average molecular weight is 379 g/mol. The number of nitrogens with one attached hydrogen (secondary N) is 1. The minimum Gasteiger partial charge on any atom is -0.353 e. The van der Waals surface area contributed by atoms with Crippen molar-refractivity contribution in [1.29, 1.82) is 0 Å². The summed E-state index contributed by atoms with van der Waals surface area (Å²) in [5, 5.41) is 2.70. The van der Waals surface area contributed by atoms with Gasteiger partial charge in [0.05, 0.1) is 5.75 Å². The first-order chi connectivity index (χ1) is 12.5. The maximum atomic E-state index is 12.5. The predicted molar refractivity (Wildman–Crippen MR) is 99.2 cm³/mol. The van der Waals surface area contributed by atoms with Crippen molar-refractivity contribution in [2.75, 3.05) is 30.3 Å². The lowest BCUT2D eigenvalue weighted by Gasteiger charge is -2.26. The Balaban J connectivity index is 1.56. The summed E-state index contributed by atoms with van der Waals surface area (Å²) in [7, 11) is -3.34. The number of amides is 2. The van der Waals surface area contributed by atoms with Gasteiger partial charge >= 0.3 is 0 Å². The van der Waals surface area contributed by atoms with Crippen molar-refractivity contribution in [3.05, 3.63) is 30.3 Å². The Labute approximate surface area is 154 Å². The quantitative estimate of drug-likeness (QED) is 0.802. The van der Waals surface area contributed by atoms with Crippen LogP contribution in [0.3, 0.4) is 0 Å². The molecule has 0 radical (unpaired) electrons. The van der Waals surface area contributed by atoms with Gasteiger partial charge in [0.15, 0.2) is 0 Å². The van der Waals surface area contributed by atoms with Gasteiger partial charge in [-0.3, -0.25) is 14.5 Å². The molecule has 1 aromatic carbocycles. The Hall–Kier alpha value is -1.93. The Morgan fingerprint density at radius 2 is 1.81 bits per heavy atom. The number of anilines is 1. The summed E-state index contributed by atoms with van der Waals surface area (Å²) in [6, 6.07) is 8.50. The highest BCUT2D eigenvalue weighted by atomic mass is 32.2. The van der Waals surface area contributed by atoms with E-state index in [1.807, 2.05) is 18.2 Å². The molecule has 2 saturated heterocycles. The largest absolute Gasteiger partial charge is 0.353 e. The molecule has 0 spiro atoms. The van der Waals surface area contributed by atoms with Crippen molar-refractivity contribution < 1.29 is 18.0 Å². The van der Waals surface area contributed by atoms with Crippen molar-refractivity contribution in [3.8, 4) is 0 Å². The topological polar surface area (TPSA) is 86.8 Å². The zero-order valence-corrected chi connectivity index (χ0v) is 15.6. The first-order valence-electron chi connectivity index (χ1n) is 9.12. The molecule has 0 bridgehead atoms. The summed E-state index contributed by atoms with van der Waals surface area (Å²) in [4.78, 5) is 26.2. The van der Waals surface area contributed by atoms with E-state index in [-0.39, 0.29) is 24.1 Å². The fraction of sp³-hybridized carbons (Fsp3) is 0.556. The van der Waals surface area contributed by atoms with Gasteiger partial charge in [0, 0.05) is 31.7 Å². The van der Waals surface area contributed by atoms with E-state index in [1.54, 1.807) is 12.1 Å². The molecule has 0 aliphatic carbocycles. The fourth-order valence-corrected chi connectivity index (χ4v) is 4.97. The molecule has 7 nitrogen and oxygen atoms in total. The van der Waals surface area contributed by atoms with E-state index in [1.165, 1.54) is 9.21 Å². The van der Waals surface area contributed by atoms with E-state index in [4.69, 9.17) is 0 Å². The molecule has 2 aliphatic rings.